The van der Waals surface area contributed by atoms with Crippen LogP contribution in [0.1, 0.15) is 16.7 Å². The number of benzene rings is 2. The molecule has 0 saturated carbocycles. The summed E-state index contributed by atoms with van der Waals surface area (Å²) in [5.74, 6) is 0.101. The number of anilines is 1. The zero-order chi connectivity index (χ0) is 22.8. The maximum atomic E-state index is 12.9. The lowest BCUT2D eigenvalue weighted by Crippen LogP contribution is -2.49. The number of halogens is 2. The van der Waals surface area contributed by atoms with Crippen LogP contribution in [0, 0.1) is 13.8 Å². The first-order valence-corrected chi connectivity index (χ1v) is 11.2. The van der Waals surface area contributed by atoms with E-state index < -0.39 is 5.56 Å². The molecule has 1 aliphatic heterocycles. The molecule has 32 heavy (non-hydrogen) atoms. The van der Waals surface area contributed by atoms with Crippen molar-refractivity contribution in [2.45, 2.75) is 20.3 Å². The van der Waals surface area contributed by atoms with E-state index in [1.54, 1.807) is 18.3 Å². The molecule has 4 rings (SSSR count). The minimum Gasteiger partial charge on any atom is -0.365 e. The predicted octanol–water partition coefficient (Wildman–Crippen LogP) is 4.05. The molecule has 1 aromatic heterocycles. The van der Waals surface area contributed by atoms with Crippen LogP contribution in [0.4, 0.5) is 5.69 Å². The molecule has 1 saturated heterocycles. The summed E-state index contributed by atoms with van der Waals surface area (Å²) in [7, 11) is 0. The number of rotatable bonds is 4. The molecule has 8 heteroatoms. The average Bonchev–Trinajstić information content (AvgIpc) is 2.79. The van der Waals surface area contributed by atoms with Gasteiger partial charge in [-0.3, -0.25) is 9.59 Å². The summed E-state index contributed by atoms with van der Waals surface area (Å²) in [5.41, 5.74) is 3.84. The third-order valence-electron chi connectivity index (χ3n) is 5.75. The highest BCUT2D eigenvalue weighted by Crippen LogP contribution is 2.24. The molecule has 0 radical (unpaired) electrons. The van der Waals surface area contributed by atoms with Gasteiger partial charge in [0.05, 0.1) is 24.0 Å². The molecule has 2 heterocycles. The summed E-state index contributed by atoms with van der Waals surface area (Å²) in [6.45, 7) is 6.22. The molecule has 1 fully saturated rings. The standard InChI is InChI=1S/C24H24Cl2N4O2/c1-16-3-6-18(7-4-16)13-22(31)29-11-9-28(10-12-29)21-15-27-30(24(32)23(21)26)19-8-5-17(2)20(25)14-19/h3-8,14-15H,9-13H2,1-2H3. The van der Waals surface area contributed by atoms with Crippen molar-refractivity contribution in [2.75, 3.05) is 31.1 Å². The molecular formula is C24H24Cl2N4O2. The molecule has 3 aromatic rings. The van der Waals surface area contributed by atoms with Crippen molar-refractivity contribution in [1.82, 2.24) is 14.7 Å². The van der Waals surface area contributed by atoms with Crippen molar-refractivity contribution in [3.05, 3.63) is 85.8 Å². The van der Waals surface area contributed by atoms with E-state index in [4.69, 9.17) is 23.2 Å². The van der Waals surface area contributed by atoms with Gasteiger partial charge in [0.25, 0.3) is 5.56 Å². The molecule has 2 aromatic carbocycles. The summed E-state index contributed by atoms with van der Waals surface area (Å²) in [5, 5.41) is 4.98. The molecule has 6 nitrogen and oxygen atoms in total. The Balaban J connectivity index is 1.44. The van der Waals surface area contributed by atoms with Crippen LogP contribution in [-0.4, -0.2) is 46.8 Å². The van der Waals surface area contributed by atoms with Gasteiger partial charge in [0, 0.05) is 31.2 Å². The summed E-state index contributed by atoms with van der Waals surface area (Å²) < 4.78 is 1.25. The number of aryl methyl sites for hydroxylation is 2. The van der Waals surface area contributed by atoms with Gasteiger partial charge in [0.2, 0.25) is 5.91 Å². The second-order valence-corrected chi connectivity index (χ2v) is 8.81. The average molecular weight is 471 g/mol. The fourth-order valence-electron chi connectivity index (χ4n) is 3.73. The Morgan fingerprint density at radius 2 is 1.69 bits per heavy atom. The Morgan fingerprint density at radius 3 is 2.34 bits per heavy atom. The zero-order valence-corrected chi connectivity index (χ0v) is 19.5. The number of nitrogens with zero attached hydrogens (tertiary/aromatic N) is 4. The first kappa shape index (κ1) is 22.4. The molecule has 0 spiro atoms. The van der Waals surface area contributed by atoms with Gasteiger partial charge in [-0.05, 0) is 37.1 Å². The topological polar surface area (TPSA) is 58.4 Å². The van der Waals surface area contributed by atoms with E-state index in [1.807, 2.05) is 54.0 Å². The fraction of sp³-hybridized carbons (Fsp3) is 0.292. The van der Waals surface area contributed by atoms with Gasteiger partial charge in [0.1, 0.15) is 5.02 Å². The summed E-state index contributed by atoms with van der Waals surface area (Å²) in [6, 6.07) is 13.3. The molecule has 166 valence electrons. The van der Waals surface area contributed by atoms with E-state index in [1.165, 1.54) is 10.2 Å². The van der Waals surface area contributed by atoms with E-state index in [9.17, 15) is 9.59 Å². The molecule has 1 amide bonds. The lowest BCUT2D eigenvalue weighted by Gasteiger charge is -2.36. The first-order valence-electron chi connectivity index (χ1n) is 10.5. The van der Waals surface area contributed by atoms with Crippen LogP contribution >= 0.6 is 23.2 Å². The monoisotopic (exact) mass is 470 g/mol. The maximum Gasteiger partial charge on any atom is 0.292 e. The van der Waals surface area contributed by atoms with Gasteiger partial charge in [0.15, 0.2) is 0 Å². The summed E-state index contributed by atoms with van der Waals surface area (Å²) >= 11 is 12.6. The Morgan fingerprint density at radius 1 is 1.00 bits per heavy atom. The zero-order valence-electron chi connectivity index (χ0n) is 18.0. The quantitative estimate of drug-likeness (QED) is 0.576. The van der Waals surface area contributed by atoms with Crippen LogP contribution in [0.5, 0.6) is 0 Å². The molecule has 0 bridgehead atoms. The van der Waals surface area contributed by atoms with Gasteiger partial charge in [-0.2, -0.15) is 9.78 Å². The highest BCUT2D eigenvalue weighted by Gasteiger charge is 2.24. The largest absolute Gasteiger partial charge is 0.365 e. The van der Waals surface area contributed by atoms with E-state index in [0.29, 0.717) is 49.0 Å². The van der Waals surface area contributed by atoms with Gasteiger partial charge < -0.3 is 9.80 Å². The van der Waals surface area contributed by atoms with Crippen molar-refractivity contribution in [3.63, 3.8) is 0 Å². The summed E-state index contributed by atoms with van der Waals surface area (Å²) in [6.07, 6.45) is 1.99. The minimum atomic E-state index is -0.401. The summed E-state index contributed by atoms with van der Waals surface area (Å²) in [4.78, 5) is 29.4. The van der Waals surface area contributed by atoms with Crippen molar-refractivity contribution in [3.8, 4) is 5.69 Å². The van der Waals surface area contributed by atoms with Gasteiger partial charge in [-0.1, -0.05) is 59.1 Å². The van der Waals surface area contributed by atoms with E-state index >= 15 is 0 Å². The number of piperazine rings is 1. The van der Waals surface area contributed by atoms with Gasteiger partial charge >= 0.3 is 0 Å². The number of hydrogen-bond acceptors (Lipinski definition) is 4. The Labute approximate surface area is 197 Å². The highest BCUT2D eigenvalue weighted by atomic mass is 35.5. The normalized spacial score (nSPS) is 14.0. The Kier molecular flexibility index (Phi) is 6.53. The van der Waals surface area contributed by atoms with Crippen molar-refractivity contribution >= 4 is 34.8 Å². The lowest BCUT2D eigenvalue weighted by atomic mass is 10.1. The van der Waals surface area contributed by atoms with Crippen molar-refractivity contribution < 1.29 is 4.79 Å². The molecule has 0 atom stereocenters. The van der Waals surface area contributed by atoms with Crippen LogP contribution in [0.25, 0.3) is 5.69 Å². The van der Waals surface area contributed by atoms with E-state index in [-0.39, 0.29) is 10.9 Å². The lowest BCUT2D eigenvalue weighted by molar-refractivity contribution is -0.130. The van der Waals surface area contributed by atoms with Gasteiger partial charge in [-0.15, -0.1) is 0 Å². The van der Waals surface area contributed by atoms with Crippen LogP contribution in [0.2, 0.25) is 10.0 Å². The smallest absolute Gasteiger partial charge is 0.292 e. The van der Waals surface area contributed by atoms with Crippen LogP contribution in [0.3, 0.4) is 0 Å². The highest BCUT2D eigenvalue weighted by molar-refractivity contribution is 6.33. The van der Waals surface area contributed by atoms with Crippen molar-refractivity contribution in [2.24, 2.45) is 0 Å². The number of carbonyl (C=O) groups excluding carboxylic acids is 1. The molecule has 1 aliphatic rings. The fourth-order valence-corrected chi connectivity index (χ4v) is 4.15. The second-order valence-electron chi connectivity index (χ2n) is 8.02. The third-order valence-corrected chi connectivity index (χ3v) is 6.51. The van der Waals surface area contributed by atoms with Crippen LogP contribution in [-0.2, 0) is 11.2 Å². The molecule has 0 N–H and O–H groups in total. The predicted molar refractivity (Wildman–Crippen MR) is 128 cm³/mol. The number of carbonyl (C=O) groups is 1. The molecule has 0 aliphatic carbocycles. The van der Waals surface area contributed by atoms with E-state index in [0.717, 1.165) is 11.1 Å². The van der Waals surface area contributed by atoms with Gasteiger partial charge in [-0.25, -0.2) is 0 Å². The Bertz CT molecular complexity index is 1200. The third kappa shape index (κ3) is 4.66. The second kappa shape index (κ2) is 9.35. The molecular weight excluding hydrogens is 447 g/mol. The van der Waals surface area contributed by atoms with Crippen molar-refractivity contribution in [1.29, 1.82) is 0 Å². The molecule has 0 unspecified atom stereocenters. The number of amides is 1. The minimum absolute atomic E-state index is 0.101. The number of hydrogen-bond donors (Lipinski definition) is 0. The SMILES string of the molecule is Cc1ccc(CC(=O)N2CCN(c3cnn(-c4ccc(C)c(Cl)c4)c(=O)c3Cl)CC2)cc1. The maximum absolute atomic E-state index is 12.9. The Hall–Kier alpha value is -2.83. The van der Waals surface area contributed by atoms with E-state index in [2.05, 4.69) is 5.10 Å². The number of aromatic nitrogens is 2. The van der Waals surface area contributed by atoms with Crippen LogP contribution < -0.4 is 10.5 Å². The van der Waals surface area contributed by atoms with Crippen LogP contribution in [0.15, 0.2) is 53.5 Å². The first-order chi connectivity index (χ1) is 15.3.